The Morgan fingerprint density at radius 2 is 1.37 bits per heavy atom. The smallest absolute Gasteiger partial charge is 0.402 e. The van der Waals surface area contributed by atoms with Gasteiger partial charge in [-0.1, -0.05) is 12.1 Å². The Balaban J connectivity index is 1.26. The largest absolute Gasteiger partial charge is 0.508 e. The normalized spacial score (nSPS) is 32.4. The van der Waals surface area contributed by atoms with Crippen LogP contribution in [0.25, 0.3) is 28.4 Å². The van der Waals surface area contributed by atoms with Gasteiger partial charge in [-0.15, -0.1) is 0 Å². The van der Waals surface area contributed by atoms with E-state index in [0.717, 1.165) is 30.3 Å². The molecule has 3 saturated heterocycles. The average Bonchev–Trinajstić information content (AvgIpc) is 3.26. The van der Waals surface area contributed by atoms with E-state index in [4.69, 9.17) is 37.6 Å². The summed E-state index contributed by atoms with van der Waals surface area (Å²) in [4.78, 5) is 12.7. The van der Waals surface area contributed by atoms with Gasteiger partial charge in [0, 0.05) is 24.3 Å². The van der Waals surface area contributed by atoms with E-state index in [2.05, 4.69) is 0 Å². The Hall–Kier alpha value is -5.44. The van der Waals surface area contributed by atoms with Crippen molar-refractivity contribution in [3.8, 4) is 45.8 Å². The number of aromatic hydroxyl groups is 4. The number of carbonyl (C=O) groups excluding carboxylic acids is 1. The van der Waals surface area contributed by atoms with Gasteiger partial charge in [0.1, 0.15) is 90.3 Å². The maximum atomic E-state index is 12.7. The zero-order valence-electron chi connectivity index (χ0n) is 32.6. The van der Waals surface area contributed by atoms with Gasteiger partial charge in [0.25, 0.3) is 0 Å². The standard InChI is InChI=1S/C41H44O22/c42-13-27-31(50)33(52)36(55)40(61-27)59-25-11-19(44)10-24-20(25)12-26(37(58-24)17-4-7-21(45)22(46)9-17)60-41-38(63-39-35(54)30(49)23(47)14-57-39)34(53)32(51)28(62-41)15-56-29(48)8-3-16-1-5-18(43)6-2-16/h1-12,23,27-28,30-36,38-42,47,49-55H,13-15H2,(H3-,43,44,45,46,48)/p+1/t23-,27?,28?,30+,31-,32-,33+,34+,35?,36?,38?,39+,40-,41-/m1/s1. The molecule has 13 N–H and O–H groups in total. The summed E-state index contributed by atoms with van der Waals surface area (Å²) in [6, 6.07) is 12.7. The summed E-state index contributed by atoms with van der Waals surface area (Å²) in [6.07, 6.45) is -22.3. The molecule has 14 atom stereocenters. The van der Waals surface area contributed by atoms with Crippen LogP contribution in [0.4, 0.5) is 0 Å². The van der Waals surface area contributed by atoms with Crippen molar-refractivity contribution in [1.82, 2.24) is 0 Å². The van der Waals surface area contributed by atoms with Gasteiger partial charge in [0.05, 0.1) is 24.8 Å². The van der Waals surface area contributed by atoms with Crippen LogP contribution < -0.4 is 9.47 Å². The molecule has 22 heteroatoms. The van der Waals surface area contributed by atoms with E-state index in [0.29, 0.717) is 5.56 Å². The van der Waals surface area contributed by atoms with E-state index in [1.54, 1.807) is 0 Å². The molecule has 3 fully saturated rings. The molecule has 0 aliphatic carbocycles. The van der Waals surface area contributed by atoms with Crippen LogP contribution in [0.15, 0.2) is 71.2 Å². The molecule has 5 unspecified atom stereocenters. The molecule has 22 nitrogen and oxygen atoms in total. The number of phenols is 4. The highest BCUT2D eigenvalue weighted by molar-refractivity contribution is 5.89. The van der Waals surface area contributed by atoms with Gasteiger partial charge in [-0.3, -0.25) is 0 Å². The molecule has 0 amide bonds. The SMILES string of the molecule is O=C(/C=C\c1ccc(O)cc1)OCC1O[C@@H](Oc2cc3c(O[C@@H]4OC(CO)[C@@H](O)[C@H](O)C4O)cc(O)cc3[o+]c2-c2ccc(O)c(O)c2)C(O[C@@H]2OC[C@@H](O)[C@H](O)C2O)[C@@H](O)[C@@H]1O. The van der Waals surface area contributed by atoms with E-state index in [1.165, 1.54) is 42.5 Å². The van der Waals surface area contributed by atoms with Gasteiger partial charge in [-0.25, -0.2) is 9.21 Å². The lowest BCUT2D eigenvalue weighted by atomic mass is 9.98. The molecular formula is C41H45O22+. The molecule has 0 spiro atoms. The number of aliphatic hydroxyl groups excluding tert-OH is 9. The zero-order valence-corrected chi connectivity index (χ0v) is 32.6. The number of rotatable bonds is 12. The molecule has 7 rings (SSSR count). The molecule has 0 bridgehead atoms. The lowest BCUT2D eigenvalue weighted by Crippen LogP contribution is -2.64. The molecule has 3 aliphatic rings. The number of esters is 1. The van der Waals surface area contributed by atoms with Gasteiger partial charge < -0.3 is 99.5 Å². The number of fused-ring (bicyclic) bond motifs is 1. The van der Waals surface area contributed by atoms with Crippen molar-refractivity contribution in [3.63, 3.8) is 0 Å². The highest BCUT2D eigenvalue weighted by Crippen LogP contribution is 2.43. The topological polar surface area (TPSA) is 356 Å². The monoisotopic (exact) mass is 889 g/mol. The van der Waals surface area contributed by atoms with E-state index >= 15 is 0 Å². The lowest BCUT2D eigenvalue weighted by Gasteiger charge is -2.44. The number of ether oxygens (including phenoxy) is 7. The Morgan fingerprint density at radius 3 is 2.08 bits per heavy atom. The number of hydrogen-bond acceptors (Lipinski definition) is 21. The second-order valence-corrected chi connectivity index (χ2v) is 14.9. The first kappa shape index (κ1) is 45.6. The third kappa shape index (κ3) is 9.88. The van der Waals surface area contributed by atoms with Crippen LogP contribution in [0, 0.1) is 0 Å². The summed E-state index contributed by atoms with van der Waals surface area (Å²) in [7, 11) is 0. The summed E-state index contributed by atoms with van der Waals surface area (Å²) in [5, 5.41) is 136. The Kier molecular flexibility index (Phi) is 13.8. The van der Waals surface area contributed by atoms with Crippen LogP contribution >= 0.6 is 0 Å². The predicted molar refractivity (Wildman–Crippen MR) is 207 cm³/mol. The fourth-order valence-corrected chi connectivity index (χ4v) is 6.94. The van der Waals surface area contributed by atoms with Crippen molar-refractivity contribution in [2.75, 3.05) is 19.8 Å². The number of hydrogen-bond donors (Lipinski definition) is 13. The minimum absolute atomic E-state index is 0.000881. The molecule has 3 aliphatic heterocycles. The number of aliphatic hydroxyl groups is 9. The quantitative estimate of drug-likeness (QED) is 0.0326. The summed E-state index contributed by atoms with van der Waals surface area (Å²) in [5.41, 5.74) is 0.390. The van der Waals surface area contributed by atoms with Gasteiger partial charge in [-0.05, 0) is 35.9 Å². The Morgan fingerprint density at radius 1 is 0.683 bits per heavy atom. The predicted octanol–water partition coefficient (Wildman–Crippen LogP) is -1.71. The van der Waals surface area contributed by atoms with Crippen LogP contribution in [-0.4, -0.2) is 178 Å². The molecule has 0 radical (unpaired) electrons. The lowest BCUT2D eigenvalue weighted by molar-refractivity contribution is -0.345. The molecule has 1 aromatic heterocycles. The number of phenolic OH excluding ortho intramolecular Hbond substituents is 4. The van der Waals surface area contributed by atoms with Crippen molar-refractivity contribution in [1.29, 1.82) is 0 Å². The third-order valence-corrected chi connectivity index (χ3v) is 10.5. The van der Waals surface area contributed by atoms with Crippen molar-refractivity contribution < 1.29 is 109 Å². The van der Waals surface area contributed by atoms with Gasteiger partial charge >= 0.3 is 17.3 Å². The average molecular weight is 890 g/mol. The van der Waals surface area contributed by atoms with Gasteiger partial charge in [-0.2, -0.15) is 0 Å². The van der Waals surface area contributed by atoms with Crippen LogP contribution in [0.5, 0.6) is 34.5 Å². The number of carbonyl (C=O) groups is 1. The number of benzene rings is 3. The Labute approximate surface area is 355 Å². The van der Waals surface area contributed by atoms with Crippen LogP contribution in [0.2, 0.25) is 0 Å². The molecule has 340 valence electrons. The first-order valence-corrected chi connectivity index (χ1v) is 19.3. The minimum atomic E-state index is -2.00. The van der Waals surface area contributed by atoms with Crippen molar-refractivity contribution in [3.05, 3.63) is 72.3 Å². The maximum absolute atomic E-state index is 12.7. The first-order valence-electron chi connectivity index (χ1n) is 19.3. The van der Waals surface area contributed by atoms with Crippen molar-refractivity contribution >= 4 is 23.0 Å². The summed E-state index contributed by atoms with van der Waals surface area (Å²) < 4.78 is 46.4. The summed E-state index contributed by atoms with van der Waals surface area (Å²) in [5.74, 6) is -3.43. The van der Waals surface area contributed by atoms with Crippen LogP contribution in [0.1, 0.15) is 5.56 Å². The maximum Gasteiger partial charge on any atom is 0.402 e. The van der Waals surface area contributed by atoms with E-state index < -0.39 is 129 Å². The van der Waals surface area contributed by atoms with Crippen LogP contribution in [-0.2, 0) is 28.5 Å². The van der Waals surface area contributed by atoms with Crippen molar-refractivity contribution in [2.24, 2.45) is 0 Å². The molecule has 63 heavy (non-hydrogen) atoms. The molecule has 4 aromatic rings. The molecule has 0 saturated carbocycles. The second kappa shape index (κ2) is 19.1. The van der Waals surface area contributed by atoms with E-state index in [-0.39, 0.29) is 39.5 Å². The third-order valence-electron chi connectivity index (χ3n) is 10.5. The minimum Gasteiger partial charge on any atom is -0.508 e. The zero-order chi connectivity index (χ0) is 45.3. The van der Waals surface area contributed by atoms with Gasteiger partial charge in [0.15, 0.2) is 23.9 Å². The van der Waals surface area contributed by atoms with Crippen LogP contribution in [0.3, 0.4) is 0 Å². The summed E-state index contributed by atoms with van der Waals surface area (Å²) in [6.45, 7) is -2.01. The summed E-state index contributed by atoms with van der Waals surface area (Å²) >= 11 is 0. The van der Waals surface area contributed by atoms with Gasteiger partial charge in [0.2, 0.25) is 18.3 Å². The highest BCUT2D eigenvalue weighted by Gasteiger charge is 2.51. The first-order chi connectivity index (χ1) is 30.0. The Bertz CT molecular complexity index is 2250. The molecule has 3 aromatic carbocycles. The van der Waals surface area contributed by atoms with E-state index in [9.17, 15) is 71.2 Å². The molecule has 4 heterocycles. The second-order valence-electron chi connectivity index (χ2n) is 14.9. The van der Waals surface area contributed by atoms with Crippen molar-refractivity contribution in [2.45, 2.75) is 86.0 Å². The molecular weight excluding hydrogens is 844 g/mol. The highest BCUT2D eigenvalue weighted by atomic mass is 16.8. The van der Waals surface area contributed by atoms with E-state index in [1.807, 2.05) is 0 Å². The fourth-order valence-electron chi connectivity index (χ4n) is 6.94. The fraction of sp³-hybridized carbons (Fsp3) is 0.415.